The summed E-state index contributed by atoms with van der Waals surface area (Å²) in [5, 5.41) is 2.88. The van der Waals surface area contributed by atoms with E-state index in [-0.39, 0.29) is 16.0 Å². The van der Waals surface area contributed by atoms with Crippen LogP contribution in [-0.4, -0.2) is 38.9 Å². The van der Waals surface area contributed by atoms with Crippen molar-refractivity contribution >= 4 is 21.6 Å². The molecule has 0 bridgehead atoms. The van der Waals surface area contributed by atoms with Crippen molar-refractivity contribution < 1.29 is 12.8 Å². The Morgan fingerprint density at radius 3 is 2.89 bits per heavy atom. The molecule has 1 unspecified atom stereocenters. The number of halogens is 2. The van der Waals surface area contributed by atoms with E-state index < -0.39 is 15.8 Å². The second-order valence-electron chi connectivity index (χ2n) is 4.54. The van der Waals surface area contributed by atoms with Gasteiger partial charge in [-0.05, 0) is 32.0 Å². The fraction of sp³-hybridized carbons (Fsp3) is 0.500. The van der Waals surface area contributed by atoms with E-state index in [4.69, 9.17) is 11.6 Å². The minimum absolute atomic E-state index is 0.103. The first-order chi connectivity index (χ1) is 8.96. The number of hydrogen-bond acceptors (Lipinski definition) is 3. The molecule has 4 nitrogen and oxygen atoms in total. The number of nitrogens with one attached hydrogen (secondary N) is 1. The van der Waals surface area contributed by atoms with Crippen LogP contribution in [-0.2, 0) is 10.0 Å². The van der Waals surface area contributed by atoms with Crippen molar-refractivity contribution in [1.82, 2.24) is 9.62 Å². The Hall–Kier alpha value is -0.690. The summed E-state index contributed by atoms with van der Waals surface area (Å²) in [7, 11) is -2.03. The van der Waals surface area contributed by atoms with Gasteiger partial charge in [0.15, 0.2) is 5.82 Å². The highest BCUT2D eigenvalue weighted by Crippen LogP contribution is 2.26. The number of rotatable bonds is 3. The van der Waals surface area contributed by atoms with Crippen molar-refractivity contribution in [2.75, 3.05) is 20.1 Å². The molecule has 0 aliphatic carbocycles. The van der Waals surface area contributed by atoms with Crippen LogP contribution in [0.15, 0.2) is 23.1 Å². The summed E-state index contributed by atoms with van der Waals surface area (Å²) >= 11 is 5.64. The lowest BCUT2D eigenvalue weighted by molar-refractivity contribution is 0.292. The molecule has 1 aliphatic heterocycles. The molecule has 1 heterocycles. The fourth-order valence-corrected chi connectivity index (χ4v) is 4.06. The average Bonchev–Trinajstić information content (AvgIpc) is 2.41. The van der Waals surface area contributed by atoms with E-state index in [9.17, 15) is 12.8 Å². The van der Waals surface area contributed by atoms with Gasteiger partial charge in [0, 0.05) is 19.1 Å². The molecule has 2 rings (SSSR count). The number of benzene rings is 1. The number of piperidine rings is 1. The molecule has 1 atom stereocenters. The summed E-state index contributed by atoms with van der Waals surface area (Å²) in [5.74, 6) is -0.879. The molecule has 0 aromatic heterocycles. The molecule has 7 heteroatoms. The van der Waals surface area contributed by atoms with Gasteiger partial charge in [0.2, 0.25) is 10.0 Å². The standard InChI is InChI=1S/C12H16ClFN2O2S/c1-15-9-4-3-7-16(8-9)19(17,18)11-6-2-5-10(13)12(11)14/h2,5-6,9,15H,3-4,7-8H2,1H3. The van der Waals surface area contributed by atoms with Gasteiger partial charge in [-0.25, -0.2) is 12.8 Å². The molecule has 1 saturated heterocycles. The minimum Gasteiger partial charge on any atom is -0.316 e. The van der Waals surface area contributed by atoms with Gasteiger partial charge < -0.3 is 5.32 Å². The quantitative estimate of drug-likeness (QED) is 0.927. The Morgan fingerprint density at radius 1 is 1.47 bits per heavy atom. The molecule has 1 aromatic carbocycles. The summed E-state index contributed by atoms with van der Waals surface area (Å²) in [6, 6.07) is 4.13. The van der Waals surface area contributed by atoms with E-state index in [2.05, 4.69) is 5.32 Å². The van der Waals surface area contributed by atoms with Crippen molar-refractivity contribution in [3.05, 3.63) is 29.0 Å². The van der Waals surface area contributed by atoms with Crippen molar-refractivity contribution in [1.29, 1.82) is 0 Å². The van der Waals surface area contributed by atoms with Crippen molar-refractivity contribution in [2.24, 2.45) is 0 Å². The van der Waals surface area contributed by atoms with Crippen LogP contribution in [0.3, 0.4) is 0 Å². The first-order valence-corrected chi connectivity index (χ1v) is 7.90. The molecule has 1 fully saturated rings. The van der Waals surface area contributed by atoms with Crippen LogP contribution in [0.4, 0.5) is 4.39 Å². The van der Waals surface area contributed by atoms with Crippen LogP contribution in [0.5, 0.6) is 0 Å². The Labute approximate surface area is 117 Å². The van der Waals surface area contributed by atoms with Crippen LogP contribution < -0.4 is 5.32 Å². The van der Waals surface area contributed by atoms with E-state index in [1.54, 1.807) is 7.05 Å². The lowest BCUT2D eigenvalue weighted by atomic mass is 10.1. The number of nitrogens with zero attached hydrogens (tertiary/aromatic N) is 1. The SMILES string of the molecule is CNC1CCCN(S(=O)(=O)c2cccc(Cl)c2F)C1. The zero-order chi connectivity index (χ0) is 14.0. The second-order valence-corrected chi connectivity index (χ2v) is 6.86. The molecule has 0 saturated carbocycles. The maximum Gasteiger partial charge on any atom is 0.246 e. The first-order valence-electron chi connectivity index (χ1n) is 6.08. The molecule has 106 valence electrons. The average molecular weight is 307 g/mol. The molecule has 1 aromatic rings. The normalized spacial score (nSPS) is 21.5. The smallest absolute Gasteiger partial charge is 0.246 e. The molecule has 0 radical (unpaired) electrons. The number of likely N-dealkylation sites (N-methyl/N-ethyl adjacent to an activating group) is 1. The number of hydrogen-bond donors (Lipinski definition) is 1. The minimum atomic E-state index is -3.82. The maximum atomic E-state index is 13.9. The number of sulfonamides is 1. The fourth-order valence-electron chi connectivity index (χ4n) is 2.22. The predicted octanol–water partition coefficient (Wildman–Crippen LogP) is 1.85. The monoisotopic (exact) mass is 306 g/mol. The summed E-state index contributed by atoms with van der Waals surface area (Å²) in [6.07, 6.45) is 1.67. The molecule has 0 spiro atoms. The highest BCUT2D eigenvalue weighted by molar-refractivity contribution is 7.89. The van der Waals surface area contributed by atoms with E-state index in [1.807, 2.05) is 0 Å². The Kier molecular flexibility index (Phi) is 4.45. The van der Waals surface area contributed by atoms with Crippen LogP contribution in [0.1, 0.15) is 12.8 Å². The predicted molar refractivity (Wildman–Crippen MR) is 72.3 cm³/mol. The first kappa shape index (κ1) is 14.7. The summed E-state index contributed by atoms with van der Waals surface area (Å²) < 4.78 is 40.0. The Balaban J connectivity index is 2.34. The summed E-state index contributed by atoms with van der Waals surface area (Å²) in [4.78, 5) is -0.350. The van der Waals surface area contributed by atoms with Crippen LogP contribution >= 0.6 is 11.6 Å². The third-order valence-corrected chi connectivity index (χ3v) is 5.50. The molecule has 1 N–H and O–H groups in total. The third-order valence-electron chi connectivity index (χ3n) is 3.33. The zero-order valence-corrected chi connectivity index (χ0v) is 12.1. The maximum absolute atomic E-state index is 13.9. The van der Waals surface area contributed by atoms with Crippen LogP contribution in [0.2, 0.25) is 5.02 Å². The van der Waals surface area contributed by atoms with Gasteiger partial charge in [-0.2, -0.15) is 4.31 Å². The van der Waals surface area contributed by atoms with Gasteiger partial charge in [0.25, 0.3) is 0 Å². The Bertz CT molecular complexity index is 565. The van der Waals surface area contributed by atoms with Crippen LogP contribution in [0, 0.1) is 5.82 Å². The molecular formula is C12H16ClFN2O2S. The van der Waals surface area contributed by atoms with Gasteiger partial charge in [-0.3, -0.25) is 0 Å². The van der Waals surface area contributed by atoms with E-state index in [0.717, 1.165) is 12.8 Å². The molecular weight excluding hydrogens is 291 g/mol. The third kappa shape index (κ3) is 2.91. The van der Waals surface area contributed by atoms with Crippen molar-refractivity contribution in [3.8, 4) is 0 Å². The van der Waals surface area contributed by atoms with Gasteiger partial charge >= 0.3 is 0 Å². The highest BCUT2D eigenvalue weighted by atomic mass is 35.5. The lowest BCUT2D eigenvalue weighted by Gasteiger charge is -2.31. The topological polar surface area (TPSA) is 49.4 Å². The molecule has 1 aliphatic rings. The highest BCUT2D eigenvalue weighted by Gasteiger charge is 2.32. The largest absolute Gasteiger partial charge is 0.316 e. The summed E-state index contributed by atoms with van der Waals surface area (Å²) in [6.45, 7) is 0.761. The Morgan fingerprint density at radius 2 is 2.21 bits per heavy atom. The van der Waals surface area contributed by atoms with Gasteiger partial charge in [-0.1, -0.05) is 17.7 Å². The van der Waals surface area contributed by atoms with E-state index >= 15 is 0 Å². The van der Waals surface area contributed by atoms with Crippen molar-refractivity contribution in [3.63, 3.8) is 0 Å². The van der Waals surface area contributed by atoms with E-state index in [0.29, 0.717) is 13.1 Å². The van der Waals surface area contributed by atoms with Crippen LogP contribution in [0.25, 0.3) is 0 Å². The lowest BCUT2D eigenvalue weighted by Crippen LogP contribution is -2.47. The molecule has 0 amide bonds. The van der Waals surface area contributed by atoms with Crippen molar-refractivity contribution in [2.45, 2.75) is 23.8 Å². The van der Waals surface area contributed by atoms with Gasteiger partial charge in [-0.15, -0.1) is 0 Å². The second kappa shape index (κ2) is 5.75. The molecule has 19 heavy (non-hydrogen) atoms. The summed E-state index contributed by atoms with van der Waals surface area (Å²) in [5.41, 5.74) is 0. The van der Waals surface area contributed by atoms with Gasteiger partial charge in [0.1, 0.15) is 4.90 Å². The van der Waals surface area contributed by atoms with E-state index in [1.165, 1.54) is 22.5 Å². The zero-order valence-electron chi connectivity index (χ0n) is 10.6. The van der Waals surface area contributed by atoms with Gasteiger partial charge in [0.05, 0.1) is 5.02 Å².